The second-order valence-electron chi connectivity index (χ2n) is 11.1. The molecule has 6 heteroatoms. The molecular formula is C31H38O5Si. The van der Waals surface area contributed by atoms with Crippen molar-refractivity contribution in [1.82, 2.24) is 0 Å². The molecule has 1 aliphatic rings. The van der Waals surface area contributed by atoms with Crippen molar-refractivity contribution in [1.29, 1.82) is 0 Å². The number of benzene rings is 3. The van der Waals surface area contributed by atoms with Gasteiger partial charge in [0.1, 0.15) is 6.10 Å². The normalized spacial score (nSPS) is 20.4. The van der Waals surface area contributed by atoms with Gasteiger partial charge in [-0.1, -0.05) is 99.6 Å². The predicted molar refractivity (Wildman–Crippen MR) is 149 cm³/mol. The van der Waals surface area contributed by atoms with Gasteiger partial charge >= 0.3 is 5.97 Å². The molecule has 3 atom stereocenters. The molecule has 4 rings (SSSR count). The van der Waals surface area contributed by atoms with E-state index in [1.165, 1.54) is 10.4 Å². The Kier molecular flexibility index (Phi) is 8.04. The lowest BCUT2D eigenvalue weighted by molar-refractivity contribution is -0.157. The Morgan fingerprint density at radius 1 is 0.865 bits per heavy atom. The molecule has 1 saturated heterocycles. The predicted octanol–water partition coefficient (Wildman–Crippen LogP) is 5.33. The maximum absolute atomic E-state index is 13.2. The van der Waals surface area contributed by atoms with Crippen LogP contribution < -0.4 is 10.4 Å². The van der Waals surface area contributed by atoms with E-state index in [4.69, 9.17) is 18.6 Å². The molecule has 0 bridgehead atoms. The summed E-state index contributed by atoms with van der Waals surface area (Å²) >= 11 is 0. The second-order valence-corrected chi connectivity index (χ2v) is 15.4. The number of carbonyl (C=O) groups is 1. The molecule has 0 N–H and O–H groups in total. The van der Waals surface area contributed by atoms with Gasteiger partial charge in [0.25, 0.3) is 8.32 Å². The summed E-state index contributed by atoms with van der Waals surface area (Å²) in [5, 5.41) is 2.12. The molecule has 37 heavy (non-hydrogen) atoms. The van der Waals surface area contributed by atoms with Crippen LogP contribution in [0.25, 0.3) is 0 Å². The van der Waals surface area contributed by atoms with Crippen LogP contribution in [0, 0.1) is 0 Å². The standard InChI is InChI=1S/C31H38O5Si/c1-23-28(36-31(5,6)35-23)27(34-29(32)24-16-10-7-11-17-24)22-33-37(30(2,3)4,25-18-12-8-13-19-25)26-20-14-9-15-21-26/h7-21,23,27-28H,22H2,1-6H3/t23-,27+,28+/m0/s1. The van der Waals surface area contributed by atoms with Gasteiger partial charge in [0.2, 0.25) is 0 Å². The van der Waals surface area contributed by atoms with Crippen molar-refractivity contribution in [2.45, 2.75) is 70.7 Å². The van der Waals surface area contributed by atoms with Crippen LogP contribution in [0.5, 0.6) is 0 Å². The molecule has 1 fully saturated rings. The van der Waals surface area contributed by atoms with Crippen molar-refractivity contribution in [3.05, 3.63) is 96.6 Å². The van der Waals surface area contributed by atoms with Crippen molar-refractivity contribution in [3.63, 3.8) is 0 Å². The zero-order valence-electron chi connectivity index (χ0n) is 22.6. The highest BCUT2D eigenvalue weighted by Gasteiger charge is 2.52. The van der Waals surface area contributed by atoms with Gasteiger partial charge in [-0.25, -0.2) is 4.79 Å². The first-order valence-corrected chi connectivity index (χ1v) is 14.8. The fourth-order valence-corrected chi connectivity index (χ4v) is 9.86. The molecule has 0 saturated carbocycles. The molecule has 3 aromatic rings. The Labute approximate surface area is 221 Å². The van der Waals surface area contributed by atoms with E-state index in [1.54, 1.807) is 12.1 Å². The number of carbonyl (C=O) groups excluding carboxylic acids is 1. The lowest BCUT2D eigenvalue weighted by Crippen LogP contribution is -2.67. The summed E-state index contributed by atoms with van der Waals surface area (Å²) in [7, 11) is -2.84. The highest BCUT2D eigenvalue weighted by Crippen LogP contribution is 2.38. The Morgan fingerprint density at radius 2 is 1.35 bits per heavy atom. The molecule has 3 aromatic carbocycles. The van der Waals surface area contributed by atoms with E-state index in [1.807, 2.05) is 51.1 Å². The summed E-state index contributed by atoms with van der Waals surface area (Å²) in [5.74, 6) is -1.18. The highest BCUT2D eigenvalue weighted by atomic mass is 28.4. The van der Waals surface area contributed by atoms with Crippen molar-refractivity contribution in [3.8, 4) is 0 Å². The van der Waals surface area contributed by atoms with Gasteiger partial charge < -0.3 is 18.6 Å². The van der Waals surface area contributed by atoms with E-state index in [9.17, 15) is 4.79 Å². The Bertz CT molecular complexity index is 1120. The molecular weight excluding hydrogens is 480 g/mol. The first kappa shape index (κ1) is 27.3. The van der Waals surface area contributed by atoms with Gasteiger partial charge in [0.05, 0.1) is 18.3 Å². The highest BCUT2D eigenvalue weighted by molar-refractivity contribution is 6.99. The third kappa shape index (κ3) is 5.88. The van der Waals surface area contributed by atoms with E-state index in [0.717, 1.165) is 0 Å². The first-order chi connectivity index (χ1) is 17.5. The summed E-state index contributed by atoms with van der Waals surface area (Å²) in [6.07, 6.45) is -1.40. The smallest absolute Gasteiger partial charge is 0.338 e. The van der Waals surface area contributed by atoms with Crippen LogP contribution in [-0.4, -0.2) is 45.0 Å². The molecule has 0 amide bonds. The molecule has 0 aliphatic carbocycles. The van der Waals surface area contributed by atoms with Gasteiger partial charge in [-0.2, -0.15) is 0 Å². The van der Waals surface area contributed by atoms with E-state index < -0.39 is 32.3 Å². The minimum atomic E-state index is -2.84. The second kappa shape index (κ2) is 10.9. The number of esters is 1. The van der Waals surface area contributed by atoms with Crippen LogP contribution in [0.15, 0.2) is 91.0 Å². The molecule has 0 unspecified atom stereocenters. The molecule has 1 aliphatic heterocycles. The Hall–Kier alpha value is -2.77. The van der Waals surface area contributed by atoms with Crippen LogP contribution in [0.3, 0.4) is 0 Å². The lowest BCUT2D eigenvalue weighted by Gasteiger charge is -2.44. The minimum Gasteiger partial charge on any atom is -0.453 e. The largest absolute Gasteiger partial charge is 0.453 e. The van der Waals surface area contributed by atoms with Crippen LogP contribution >= 0.6 is 0 Å². The quantitative estimate of drug-likeness (QED) is 0.298. The Balaban J connectivity index is 1.73. The third-order valence-corrected chi connectivity index (χ3v) is 11.9. The molecule has 1 heterocycles. The van der Waals surface area contributed by atoms with E-state index in [0.29, 0.717) is 5.56 Å². The summed E-state index contributed by atoms with van der Waals surface area (Å²) in [6.45, 7) is 12.6. The maximum atomic E-state index is 13.2. The lowest BCUT2D eigenvalue weighted by atomic mass is 10.1. The van der Waals surface area contributed by atoms with Gasteiger partial charge in [-0.3, -0.25) is 0 Å². The zero-order valence-corrected chi connectivity index (χ0v) is 23.6. The van der Waals surface area contributed by atoms with E-state index >= 15 is 0 Å². The molecule has 196 valence electrons. The van der Waals surface area contributed by atoms with Gasteiger partial charge in [-0.05, 0) is 48.3 Å². The van der Waals surface area contributed by atoms with E-state index in [2.05, 4.69) is 69.3 Å². The zero-order chi connectivity index (χ0) is 26.7. The summed E-state index contributed by atoms with van der Waals surface area (Å²) < 4.78 is 25.5. The average molecular weight is 519 g/mol. The number of hydrogen-bond donors (Lipinski definition) is 0. The van der Waals surface area contributed by atoms with E-state index in [-0.39, 0.29) is 17.7 Å². The van der Waals surface area contributed by atoms with Crippen LogP contribution in [-0.2, 0) is 18.6 Å². The monoisotopic (exact) mass is 518 g/mol. The molecule has 0 aromatic heterocycles. The summed E-state index contributed by atoms with van der Waals surface area (Å²) in [6, 6.07) is 29.9. The van der Waals surface area contributed by atoms with Crippen molar-refractivity contribution in [2.75, 3.05) is 6.61 Å². The number of ether oxygens (including phenoxy) is 3. The fourth-order valence-electron chi connectivity index (χ4n) is 5.29. The van der Waals surface area contributed by atoms with Crippen LogP contribution in [0.1, 0.15) is 51.9 Å². The number of hydrogen-bond acceptors (Lipinski definition) is 5. The Morgan fingerprint density at radius 3 is 1.78 bits per heavy atom. The maximum Gasteiger partial charge on any atom is 0.338 e. The summed E-state index contributed by atoms with van der Waals surface area (Å²) in [4.78, 5) is 13.2. The van der Waals surface area contributed by atoms with Gasteiger partial charge in [0, 0.05) is 0 Å². The van der Waals surface area contributed by atoms with Gasteiger partial charge in [-0.15, -0.1) is 0 Å². The van der Waals surface area contributed by atoms with Crippen molar-refractivity contribution in [2.24, 2.45) is 0 Å². The fraction of sp³-hybridized carbons (Fsp3) is 0.387. The van der Waals surface area contributed by atoms with Crippen LogP contribution in [0.2, 0.25) is 5.04 Å². The third-order valence-electron chi connectivity index (χ3n) is 6.87. The minimum absolute atomic E-state index is 0.181. The molecule has 0 radical (unpaired) electrons. The topological polar surface area (TPSA) is 54.0 Å². The molecule has 0 spiro atoms. The van der Waals surface area contributed by atoms with Crippen LogP contribution in [0.4, 0.5) is 0 Å². The van der Waals surface area contributed by atoms with Crippen molar-refractivity contribution < 1.29 is 23.4 Å². The molecule has 5 nitrogen and oxygen atoms in total. The summed E-state index contributed by atoms with van der Waals surface area (Å²) in [5.41, 5.74) is 0.490. The average Bonchev–Trinajstić information content (AvgIpc) is 3.16. The van der Waals surface area contributed by atoms with Crippen molar-refractivity contribution >= 4 is 24.7 Å². The first-order valence-electron chi connectivity index (χ1n) is 12.9. The van der Waals surface area contributed by atoms with Gasteiger partial charge in [0.15, 0.2) is 11.9 Å². The SMILES string of the molecule is C[C@@H]1OC(C)(C)O[C@H]1[C@@H](CO[Si](c1ccccc1)(c1ccccc1)C(C)(C)C)OC(=O)c1ccccc1. The number of rotatable bonds is 8.